The Bertz CT molecular complexity index is 1040. The third-order valence-electron chi connectivity index (χ3n) is 5.62. The van der Waals surface area contributed by atoms with Crippen molar-refractivity contribution in [2.24, 2.45) is 0 Å². The van der Waals surface area contributed by atoms with E-state index in [1.54, 1.807) is 17.0 Å². The quantitative estimate of drug-likeness (QED) is 0.642. The van der Waals surface area contributed by atoms with Gasteiger partial charge in [-0.15, -0.1) is 0 Å². The van der Waals surface area contributed by atoms with E-state index in [-0.39, 0.29) is 23.1 Å². The number of carbonyl (C=O) groups excluding carboxylic acids is 2. The zero-order chi connectivity index (χ0) is 22.7. The van der Waals surface area contributed by atoms with E-state index in [1.165, 1.54) is 12.4 Å². The van der Waals surface area contributed by atoms with E-state index in [2.05, 4.69) is 20.5 Å². The summed E-state index contributed by atoms with van der Waals surface area (Å²) in [4.78, 5) is 44.1. The summed E-state index contributed by atoms with van der Waals surface area (Å²) in [6, 6.07) is 3.17. The number of hydrogen-bond donors (Lipinski definition) is 2. The molecule has 170 valence electrons. The van der Waals surface area contributed by atoms with Crippen molar-refractivity contribution in [2.75, 3.05) is 31.1 Å². The lowest BCUT2D eigenvalue weighted by molar-refractivity contribution is 0.0693. The number of piperidine rings is 1. The molecule has 1 atom stereocenters. The van der Waals surface area contributed by atoms with Crippen LogP contribution in [0.5, 0.6) is 0 Å². The fourth-order valence-electron chi connectivity index (χ4n) is 3.90. The first-order valence-corrected chi connectivity index (χ1v) is 11.0. The molecule has 12 heteroatoms. The number of ether oxygens (including phenoxy) is 1. The standard InChI is InChI=1S/C20H22Cl2N6O4/c21-16-2-1-12(9-23-16)19(30)27-6-3-13(4-7-27)25-20(31)32-14-5-8-28(11-14)15-10-24-26-18(29)17(15)22/h1-2,9-10,13-14H,3-8,11H2,(H,25,31)(H,26,29)/t14-/m1/s1. The number of anilines is 1. The molecule has 0 unspecified atom stereocenters. The number of hydrogen-bond acceptors (Lipinski definition) is 7. The van der Waals surface area contributed by atoms with Crippen LogP contribution in [-0.2, 0) is 4.74 Å². The van der Waals surface area contributed by atoms with E-state index in [1.807, 2.05) is 4.90 Å². The number of halogens is 2. The lowest BCUT2D eigenvalue weighted by Crippen LogP contribution is -2.47. The van der Waals surface area contributed by atoms with Crippen LogP contribution in [0.25, 0.3) is 0 Å². The summed E-state index contributed by atoms with van der Waals surface area (Å²) in [6.45, 7) is 2.08. The van der Waals surface area contributed by atoms with E-state index < -0.39 is 11.7 Å². The third kappa shape index (κ3) is 5.13. The van der Waals surface area contributed by atoms with Crippen LogP contribution in [0.2, 0.25) is 10.2 Å². The van der Waals surface area contributed by atoms with Crippen LogP contribution < -0.4 is 15.8 Å². The highest BCUT2D eigenvalue weighted by molar-refractivity contribution is 6.33. The van der Waals surface area contributed by atoms with Crippen molar-refractivity contribution < 1.29 is 14.3 Å². The molecule has 2 aromatic heterocycles. The minimum Gasteiger partial charge on any atom is -0.444 e. The Labute approximate surface area is 193 Å². The topological polar surface area (TPSA) is 121 Å². The zero-order valence-corrected chi connectivity index (χ0v) is 18.6. The number of aromatic nitrogens is 3. The Morgan fingerprint density at radius 2 is 1.91 bits per heavy atom. The van der Waals surface area contributed by atoms with Crippen LogP contribution >= 0.6 is 23.2 Å². The molecule has 2 fully saturated rings. The fraction of sp³-hybridized carbons (Fsp3) is 0.450. The van der Waals surface area contributed by atoms with Gasteiger partial charge in [-0.05, 0) is 25.0 Å². The molecule has 2 aliphatic heterocycles. The Morgan fingerprint density at radius 3 is 2.62 bits per heavy atom. The average Bonchev–Trinajstić information content (AvgIpc) is 3.24. The van der Waals surface area contributed by atoms with Crippen molar-refractivity contribution in [1.29, 1.82) is 0 Å². The van der Waals surface area contributed by atoms with E-state index >= 15 is 0 Å². The molecular weight excluding hydrogens is 459 g/mol. The van der Waals surface area contributed by atoms with Gasteiger partial charge in [0.25, 0.3) is 11.5 Å². The summed E-state index contributed by atoms with van der Waals surface area (Å²) >= 11 is 11.8. The highest BCUT2D eigenvalue weighted by atomic mass is 35.5. The first kappa shape index (κ1) is 22.3. The molecule has 32 heavy (non-hydrogen) atoms. The number of nitrogens with one attached hydrogen (secondary N) is 2. The van der Waals surface area contributed by atoms with Gasteiger partial charge in [0.05, 0.1) is 24.0 Å². The minimum atomic E-state index is -0.487. The van der Waals surface area contributed by atoms with Crippen molar-refractivity contribution in [3.8, 4) is 0 Å². The maximum atomic E-state index is 12.6. The van der Waals surface area contributed by atoms with Gasteiger partial charge in [-0.25, -0.2) is 14.9 Å². The second-order valence-electron chi connectivity index (χ2n) is 7.74. The summed E-state index contributed by atoms with van der Waals surface area (Å²) in [7, 11) is 0. The predicted molar refractivity (Wildman–Crippen MR) is 118 cm³/mol. The second-order valence-corrected chi connectivity index (χ2v) is 8.51. The molecular formula is C20H22Cl2N6O4. The number of aromatic amines is 1. The van der Waals surface area contributed by atoms with Gasteiger partial charge in [0.2, 0.25) is 0 Å². The van der Waals surface area contributed by atoms with Gasteiger partial charge in [0, 0.05) is 38.3 Å². The predicted octanol–water partition coefficient (Wildman–Crippen LogP) is 2.08. The second kappa shape index (κ2) is 9.74. The number of pyridine rings is 1. The smallest absolute Gasteiger partial charge is 0.407 e. The molecule has 0 aromatic carbocycles. The number of carbonyl (C=O) groups is 2. The van der Waals surface area contributed by atoms with Crippen molar-refractivity contribution >= 4 is 40.9 Å². The first-order chi connectivity index (χ1) is 15.4. The van der Waals surface area contributed by atoms with E-state index in [4.69, 9.17) is 27.9 Å². The number of nitrogens with zero attached hydrogens (tertiary/aromatic N) is 4. The molecule has 2 aromatic rings. The van der Waals surface area contributed by atoms with Gasteiger partial charge in [-0.1, -0.05) is 23.2 Å². The molecule has 0 spiro atoms. The summed E-state index contributed by atoms with van der Waals surface area (Å²) in [5.41, 5.74) is 0.556. The molecule has 2 N–H and O–H groups in total. The molecule has 10 nitrogen and oxygen atoms in total. The molecule has 2 saturated heterocycles. The van der Waals surface area contributed by atoms with Gasteiger partial charge in [0.1, 0.15) is 16.3 Å². The number of H-pyrrole nitrogens is 1. The van der Waals surface area contributed by atoms with Crippen molar-refractivity contribution in [1.82, 2.24) is 25.4 Å². The molecule has 4 rings (SSSR count). The first-order valence-electron chi connectivity index (χ1n) is 10.3. The number of alkyl carbamates (subject to hydrolysis) is 1. The average molecular weight is 481 g/mol. The van der Waals surface area contributed by atoms with Gasteiger partial charge in [-0.2, -0.15) is 5.10 Å². The maximum absolute atomic E-state index is 12.6. The van der Waals surface area contributed by atoms with Crippen LogP contribution in [0.15, 0.2) is 29.3 Å². The summed E-state index contributed by atoms with van der Waals surface area (Å²) in [5.74, 6) is -0.103. The number of likely N-dealkylation sites (tertiary alicyclic amines) is 1. The van der Waals surface area contributed by atoms with E-state index in [0.717, 1.165) is 0 Å². The molecule has 0 saturated carbocycles. The molecule has 2 aliphatic rings. The monoisotopic (exact) mass is 480 g/mol. The number of rotatable bonds is 4. The van der Waals surface area contributed by atoms with E-state index in [0.29, 0.717) is 61.8 Å². The zero-order valence-electron chi connectivity index (χ0n) is 17.1. The maximum Gasteiger partial charge on any atom is 0.407 e. The van der Waals surface area contributed by atoms with Crippen LogP contribution in [0.4, 0.5) is 10.5 Å². The summed E-state index contributed by atoms with van der Waals surface area (Å²) < 4.78 is 5.55. The van der Waals surface area contributed by atoms with E-state index in [9.17, 15) is 14.4 Å². The minimum absolute atomic E-state index is 0.0702. The molecule has 2 amide bonds. The van der Waals surface area contributed by atoms with Gasteiger partial charge in [-0.3, -0.25) is 9.59 Å². The SMILES string of the molecule is O=C(NC1CCN(C(=O)c2ccc(Cl)nc2)CC1)O[C@@H]1CCN(c2cn[nH]c(=O)c2Cl)C1. The molecule has 0 bridgehead atoms. The Hall–Kier alpha value is -2.85. The normalized spacial score (nSPS) is 19.1. The van der Waals surface area contributed by atoms with Gasteiger partial charge < -0.3 is 19.9 Å². The van der Waals surface area contributed by atoms with Crippen molar-refractivity contribution in [3.05, 3.63) is 50.6 Å². The Kier molecular flexibility index (Phi) is 6.80. The van der Waals surface area contributed by atoms with Crippen LogP contribution in [0.1, 0.15) is 29.6 Å². The summed E-state index contributed by atoms with van der Waals surface area (Å²) in [5, 5.41) is 9.35. The van der Waals surface area contributed by atoms with Gasteiger partial charge >= 0.3 is 6.09 Å². The molecule has 0 aliphatic carbocycles. The summed E-state index contributed by atoms with van der Waals surface area (Å²) in [6.07, 6.45) is 4.04. The highest BCUT2D eigenvalue weighted by Crippen LogP contribution is 2.26. The molecule has 0 radical (unpaired) electrons. The lowest BCUT2D eigenvalue weighted by Gasteiger charge is -2.32. The van der Waals surface area contributed by atoms with Crippen molar-refractivity contribution in [3.63, 3.8) is 0 Å². The van der Waals surface area contributed by atoms with Crippen LogP contribution in [0, 0.1) is 0 Å². The lowest BCUT2D eigenvalue weighted by atomic mass is 10.0. The fourth-order valence-corrected chi connectivity index (χ4v) is 4.22. The van der Waals surface area contributed by atoms with Crippen molar-refractivity contribution in [2.45, 2.75) is 31.4 Å². The van der Waals surface area contributed by atoms with Crippen LogP contribution in [0.3, 0.4) is 0 Å². The Morgan fingerprint density at radius 1 is 1.12 bits per heavy atom. The largest absolute Gasteiger partial charge is 0.444 e. The van der Waals surface area contributed by atoms with Gasteiger partial charge in [0.15, 0.2) is 0 Å². The Balaban J connectivity index is 1.22. The highest BCUT2D eigenvalue weighted by Gasteiger charge is 2.30. The molecule has 4 heterocycles. The van der Waals surface area contributed by atoms with Crippen LogP contribution in [-0.4, -0.2) is 70.4 Å². The number of amides is 2. The third-order valence-corrected chi connectivity index (χ3v) is 6.20.